The molecular weight excluding hydrogens is 282 g/mol. The SMILES string of the molecule is CO[C@H]1C[C@@H](C(=O)N2CCN(c3cccnn3)CC2)N(C)C1. The van der Waals surface area contributed by atoms with Gasteiger partial charge in [0.1, 0.15) is 0 Å². The number of anilines is 1. The van der Waals surface area contributed by atoms with E-state index in [0.29, 0.717) is 0 Å². The van der Waals surface area contributed by atoms with Crippen molar-refractivity contribution in [3.8, 4) is 0 Å². The van der Waals surface area contributed by atoms with E-state index in [1.807, 2.05) is 24.1 Å². The number of amides is 1. The standard InChI is InChI=1S/C15H23N5O2/c1-18-11-12(22-2)10-13(18)15(21)20-8-6-19(7-9-20)14-4-3-5-16-17-14/h3-5,12-13H,6-11H2,1-2H3/t12-,13-/m0/s1. The molecule has 1 aromatic rings. The zero-order valence-electron chi connectivity index (χ0n) is 13.2. The van der Waals surface area contributed by atoms with Crippen molar-refractivity contribution in [2.24, 2.45) is 0 Å². The second-order valence-electron chi connectivity index (χ2n) is 5.94. The molecule has 2 aliphatic heterocycles. The zero-order valence-corrected chi connectivity index (χ0v) is 13.2. The summed E-state index contributed by atoms with van der Waals surface area (Å²) in [5.74, 6) is 1.10. The number of likely N-dealkylation sites (N-methyl/N-ethyl adjacent to an activating group) is 1. The molecule has 2 saturated heterocycles. The van der Waals surface area contributed by atoms with E-state index in [-0.39, 0.29) is 18.1 Å². The van der Waals surface area contributed by atoms with Crippen molar-refractivity contribution < 1.29 is 9.53 Å². The lowest BCUT2D eigenvalue weighted by Gasteiger charge is -2.37. The molecular formula is C15H23N5O2. The Balaban J connectivity index is 1.56. The molecule has 3 heterocycles. The fourth-order valence-corrected chi connectivity index (χ4v) is 3.24. The molecule has 0 radical (unpaired) electrons. The van der Waals surface area contributed by atoms with Crippen LogP contribution in [0.1, 0.15) is 6.42 Å². The Kier molecular flexibility index (Phi) is 4.54. The average Bonchev–Trinajstić information content (AvgIpc) is 2.96. The molecule has 2 aliphatic rings. The van der Waals surface area contributed by atoms with Crippen LogP contribution in [0.25, 0.3) is 0 Å². The van der Waals surface area contributed by atoms with Gasteiger partial charge in [-0.05, 0) is 25.6 Å². The van der Waals surface area contributed by atoms with Gasteiger partial charge in [0.15, 0.2) is 5.82 Å². The maximum Gasteiger partial charge on any atom is 0.240 e. The minimum Gasteiger partial charge on any atom is -0.380 e. The molecule has 0 aliphatic carbocycles. The Bertz CT molecular complexity index is 504. The second kappa shape index (κ2) is 6.58. The highest BCUT2D eigenvalue weighted by molar-refractivity contribution is 5.82. The van der Waals surface area contributed by atoms with Crippen LogP contribution in [0, 0.1) is 0 Å². The Morgan fingerprint density at radius 2 is 2.09 bits per heavy atom. The van der Waals surface area contributed by atoms with Crippen molar-refractivity contribution in [1.82, 2.24) is 20.0 Å². The quantitative estimate of drug-likeness (QED) is 0.774. The van der Waals surface area contributed by atoms with E-state index in [0.717, 1.165) is 45.0 Å². The van der Waals surface area contributed by atoms with Gasteiger partial charge in [0.25, 0.3) is 0 Å². The first-order chi connectivity index (χ1) is 10.7. The lowest BCUT2D eigenvalue weighted by molar-refractivity contribution is -0.135. The molecule has 0 N–H and O–H groups in total. The highest BCUT2D eigenvalue weighted by Gasteiger charge is 2.37. The third-order valence-electron chi connectivity index (χ3n) is 4.60. The van der Waals surface area contributed by atoms with Crippen LogP contribution in [0.3, 0.4) is 0 Å². The third-order valence-corrected chi connectivity index (χ3v) is 4.60. The summed E-state index contributed by atoms with van der Waals surface area (Å²) < 4.78 is 5.39. The van der Waals surface area contributed by atoms with E-state index >= 15 is 0 Å². The lowest BCUT2D eigenvalue weighted by atomic mass is 10.1. The van der Waals surface area contributed by atoms with Gasteiger partial charge in [-0.25, -0.2) is 0 Å². The molecule has 1 aromatic heterocycles. The van der Waals surface area contributed by atoms with Gasteiger partial charge < -0.3 is 14.5 Å². The van der Waals surface area contributed by atoms with Gasteiger partial charge in [-0.3, -0.25) is 9.69 Å². The first kappa shape index (κ1) is 15.2. The summed E-state index contributed by atoms with van der Waals surface area (Å²) in [5, 5.41) is 8.04. The molecule has 3 rings (SSSR count). The topological polar surface area (TPSA) is 61.8 Å². The Morgan fingerprint density at radius 3 is 2.68 bits per heavy atom. The van der Waals surface area contributed by atoms with E-state index in [9.17, 15) is 4.79 Å². The van der Waals surface area contributed by atoms with Gasteiger partial charge in [-0.1, -0.05) is 0 Å². The lowest BCUT2D eigenvalue weighted by Crippen LogP contribution is -2.53. The van der Waals surface area contributed by atoms with Crippen LogP contribution >= 0.6 is 0 Å². The summed E-state index contributed by atoms with van der Waals surface area (Å²) in [6.45, 7) is 3.89. The number of carbonyl (C=O) groups excluding carboxylic acids is 1. The van der Waals surface area contributed by atoms with Gasteiger partial charge in [0, 0.05) is 46.0 Å². The second-order valence-corrected chi connectivity index (χ2v) is 5.94. The van der Waals surface area contributed by atoms with Crippen molar-refractivity contribution in [3.63, 3.8) is 0 Å². The van der Waals surface area contributed by atoms with Crippen molar-refractivity contribution >= 4 is 11.7 Å². The maximum atomic E-state index is 12.7. The van der Waals surface area contributed by atoms with Gasteiger partial charge in [0.2, 0.25) is 5.91 Å². The Labute approximate surface area is 130 Å². The minimum absolute atomic E-state index is 0.0481. The highest BCUT2D eigenvalue weighted by atomic mass is 16.5. The minimum atomic E-state index is -0.0481. The van der Waals surface area contributed by atoms with Crippen LogP contribution in [0.15, 0.2) is 18.3 Å². The molecule has 0 saturated carbocycles. The van der Waals surface area contributed by atoms with Crippen LogP contribution in [-0.2, 0) is 9.53 Å². The van der Waals surface area contributed by atoms with E-state index in [1.54, 1.807) is 13.3 Å². The summed E-state index contributed by atoms with van der Waals surface area (Å²) >= 11 is 0. The highest BCUT2D eigenvalue weighted by Crippen LogP contribution is 2.21. The number of aromatic nitrogens is 2. The van der Waals surface area contributed by atoms with Crippen molar-refractivity contribution in [2.45, 2.75) is 18.6 Å². The molecule has 0 unspecified atom stereocenters. The Morgan fingerprint density at radius 1 is 1.32 bits per heavy atom. The fraction of sp³-hybridized carbons (Fsp3) is 0.667. The van der Waals surface area contributed by atoms with E-state index in [4.69, 9.17) is 4.74 Å². The number of piperazine rings is 1. The van der Waals surface area contributed by atoms with Crippen molar-refractivity contribution in [1.29, 1.82) is 0 Å². The smallest absolute Gasteiger partial charge is 0.240 e. The molecule has 2 fully saturated rings. The molecule has 22 heavy (non-hydrogen) atoms. The van der Waals surface area contributed by atoms with Gasteiger partial charge in [-0.2, -0.15) is 5.10 Å². The van der Waals surface area contributed by atoms with Crippen LogP contribution < -0.4 is 4.90 Å². The van der Waals surface area contributed by atoms with Gasteiger partial charge in [0.05, 0.1) is 12.1 Å². The normalized spacial score (nSPS) is 26.5. The first-order valence-electron chi connectivity index (χ1n) is 7.73. The number of ether oxygens (including phenoxy) is 1. The summed E-state index contributed by atoms with van der Waals surface area (Å²) in [5.41, 5.74) is 0. The molecule has 0 spiro atoms. The number of hydrogen-bond donors (Lipinski definition) is 0. The van der Waals surface area contributed by atoms with Crippen LogP contribution in [0.5, 0.6) is 0 Å². The average molecular weight is 305 g/mol. The molecule has 0 bridgehead atoms. The summed E-state index contributed by atoms with van der Waals surface area (Å²) in [7, 11) is 3.71. The molecule has 7 heteroatoms. The summed E-state index contributed by atoms with van der Waals surface area (Å²) in [4.78, 5) is 18.9. The number of methoxy groups -OCH3 is 1. The number of hydrogen-bond acceptors (Lipinski definition) is 6. The third kappa shape index (κ3) is 3.05. The monoisotopic (exact) mass is 305 g/mol. The number of likely N-dealkylation sites (tertiary alicyclic amines) is 1. The Hall–Kier alpha value is -1.73. The van der Waals surface area contributed by atoms with E-state index < -0.39 is 0 Å². The predicted molar refractivity (Wildman–Crippen MR) is 82.7 cm³/mol. The molecule has 2 atom stereocenters. The van der Waals surface area contributed by atoms with Crippen molar-refractivity contribution in [3.05, 3.63) is 18.3 Å². The summed E-state index contributed by atoms with van der Waals surface area (Å²) in [6, 6.07) is 3.80. The van der Waals surface area contributed by atoms with Gasteiger partial charge >= 0.3 is 0 Å². The van der Waals surface area contributed by atoms with Gasteiger partial charge in [-0.15, -0.1) is 5.10 Å². The largest absolute Gasteiger partial charge is 0.380 e. The number of rotatable bonds is 3. The van der Waals surface area contributed by atoms with E-state index in [2.05, 4.69) is 20.0 Å². The predicted octanol–water partition coefficient (Wildman–Crippen LogP) is -0.156. The zero-order chi connectivity index (χ0) is 15.5. The number of nitrogens with zero attached hydrogens (tertiary/aromatic N) is 5. The molecule has 7 nitrogen and oxygen atoms in total. The van der Waals surface area contributed by atoms with Crippen LogP contribution in [0.2, 0.25) is 0 Å². The maximum absolute atomic E-state index is 12.7. The molecule has 1 amide bonds. The molecule has 0 aromatic carbocycles. The fourth-order valence-electron chi connectivity index (χ4n) is 3.24. The van der Waals surface area contributed by atoms with Crippen LogP contribution in [0.4, 0.5) is 5.82 Å². The molecule has 120 valence electrons. The number of carbonyl (C=O) groups is 1. The van der Waals surface area contributed by atoms with Crippen LogP contribution in [-0.4, -0.2) is 84.9 Å². The first-order valence-corrected chi connectivity index (χ1v) is 7.73. The van der Waals surface area contributed by atoms with Crippen molar-refractivity contribution in [2.75, 3.05) is 51.8 Å². The summed E-state index contributed by atoms with van der Waals surface area (Å²) in [6.07, 6.45) is 2.63. The van der Waals surface area contributed by atoms with E-state index in [1.165, 1.54) is 0 Å².